The lowest BCUT2D eigenvalue weighted by atomic mass is 9.92. The minimum atomic E-state index is -0.503. The van der Waals surface area contributed by atoms with E-state index in [1.165, 1.54) is 19.3 Å². The van der Waals surface area contributed by atoms with Crippen LogP contribution in [-0.4, -0.2) is 51.6 Å². The number of aliphatic hydroxyl groups excluding tert-OH is 1. The number of hydrogen-bond acceptors (Lipinski definition) is 3. The standard InChI is InChI=1S/C20H27ClN2O2/c21-16-8-6-15(7-9-16)13-22-14-18(24)12-20(22)10-11-23(19(20)25)17-4-2-1-3-5-17/h6-9,17-18,24H,1-5,10-14H2. The number of benzene rings is 1. The van der Waals surface area contributed by atoms with Crippen molar-refractivity contribution in [3.05, 3.63) is 34.9 Å². The fraction of sp³-hybridized carbons (Fsp3) is 0.650. The fourth-order valence-corrected chi connectivity index (χ4v) is 5.17. The molecule has 25 heavy (non-hydrogen) atoms. The first-order valence-corrected chi connectivity index (χ1v) is 9.95. The second-order valence-electron chi connectivity index (χ2n) is 7.94. The monoisotopic (exact) mass is 362 g/mol. The minimum Gasteiger partial charge on any atom is -0.392 e. The molecule has 1 aliphatic carbocycles. The summed E-state index contributed by atoms with van der Waals surface area (Å²) in [5, 5.41) is 11.1. The van der Waals surface area contributed by atoms with E-state index >= 15 is 0 Å². The van der Waals surface area contributed by atoms with Gasteiger partial charge in [0.2, 0.25) is 5.91 Å². The Morgan fingerprint density at radius 3 is 2.60 bits per heavy atom. The number of hydrogen-bond donors (Lipinski definition) is 1. The minimum absolute atomic E-state index is 0.255. The molecule has 0 radical (unpaired) electrons. The van der Waals surface area contributed by atoms with Crippen LogP contribution in [0.1, 0.15) is 50.5 Å². The third-order valence-electron chi connectivity index (χ3n) is 6.34. The van der Waals surface area contributed by atoms with Crippen molar-refractivity contribution in [2.45, 2.75) is 69.2 Å². The highest BCUT2D eigenvalue weighted by atomic mass is 35.5. The van der Waals surface area contributed by atoms with E-state index in [2.05, 4.69) is 9.80 Å². The van der Waals surface area contributed by atoms with E-state index in [1.54, 1.807) is 0 Å². The lowest BCUT2D eigenvalue weighted by Crippen LogP contribution is -2.51. The summed E-state index contributed by atoms with van der Waals surface area (Å²) in [6.07, 6.45) is 7.04. The number of aliphatic hydroxyl groups is 1. The van der Waals surface area contributed by atoms with Gasteiger partial charge in [0.25, 0.3) is 0 Å². The number of halogens is 1. The molecule has 2 unspecified atom stereocenters. The maximum atomic E-state index is 13.4. The number of likely N-dealkylation sites (tertiary alicyclic amines) is 2. The Labute approximate surface area is 154 Å². The quantitative estimate of drug-likeness (QED) is 0.897. The number of amides is 1. The van der Waals surface area contributed by atoms with Gasteiger partial charge in [-0.25, -0.2) is 0 Å². The van der Waals surface area contributed by atoms with Crippen LogP contribution in [0.2, 0.25) is 5.02 Å². The molecule has 1 N–H and O–H groups in total. The highest BCUT2D eigenvalue weighted by Crippen LogP contribution is 2.42. The molecule has 3 fully saturated rings. The van der Waals surface area contributed by atoms with Crippen molar-refractivity contribution in [1.82, 2.24) is 9.80 Å². The van der Waals surface area contributed by atoms with E-state index in [0.29, 0.717) is 25.6 Å². The summed E-state index contributed by atoms with van der Waals surface area (Å²) in [5.74, 6) is 0.255. The van der Waals surface area contributed by atoms with Gasteiger partial charge in [-0.1, -0.05) is 43.0 Å². The zero-order valence-corrected chi connectivity index (χ0v) is 15.4. The predicted molar refractivity (Wildman–Crippen MR) is 98.4 cm³/mol. The number of rotatable bonds is 3. The molecule has 4 rings (SSSR count). The largest absolute Gasteiger partial charge is 0.392 e. The van der Waals surface area contributed by atoms with Crippen molar-refractivity contribution >= 4 is 17.5 Å². The molecule has 2 aliphatic heterocycles. The Hall–Kier alpha value is -1.10. The van der Waals surface area contributed by atoms with E-state index in [-0.39, 0.29) is 5.91 Å². The Morgan fingerprint density at radius 1 is 1.16 bits per heavy atom. The van der Waals surface area contributed by atoms with Crippen LogP contribution in [0.3, 0.4) is 0 Å². The van der Waals surface area contributed by atoms with Crippen molar-refractivity contribution in [1.29, 1.82) is 0 Å². The Balaban J connectivity index is 1.53. The molecule has 2 atom stereocenters. The van der Waals surface area contributed by atoms with Crippen molar-refractivity contribution in [2.75, 3.05) is 13.1 Å². The molecule has 2 saturated heterocycles. The second-order valence-corrected chi connectivity index (χ2v) is 8.37. The molecule has 0 aromatic heterocycles. The van der Waals surface area contributed by atoms with Crippen LogP contribution in [0.15, 0.2) is 24.3 Å². The van der Waals surface area contributed by atoms with Gasteiger partial charge in [0.15, 0.2) is 0 Å². The van der Waals surface area contributed by atoms with Gasteiger partial charge in [0.05, 0.1) is 6.10 Å². The maximum Gasteiger partial charge on any atom is 0.243 e. The van der Waals surface area contributed by atoms with Crippen molar-refractivity contribution in [3.8, 4) is 0 Å². The Bertz CT molecular complexity index is 629. The molecular formula is C20H27ClN2O2. The molecule has 2 heterocycles. The molecule has 0 bridgehead atoms. The van der Waals surface area contributed by atoms with Crippen LogP contribution in [0.5, 0.6) is 0 Å². The van der Waals surface area contributed by atoms with Crippen LogP contribution in [-0.2, 0) is 11.3 Å². The van der Waals surface area contributed by atoms with Gasteiger partial charge in [0, 0.05) is 37.1 Å². The summed E-state index contributed by atoms with van der Waals surface area (Å²) in [5.41, 5.74) is 0.637. The van der Waals surface area contributed by atoms with E-state index < -0.39 is 11.6 Å². The number of nitrogens with zero attached hydrogens (tertiary/aromatic N) is 2. The first kappa shape index (κ1) is 17.3. The zero-order valence-electron chi connectivity index (χ0n) is 14.7. The van der Waals surface area contributed by atoms with E-state index in [4.69, 9.17) is 11.6 Å². The van der Waals surface area contributed by atoms with Crippen LogP contribution in [0.4, 0.5) is 0 Å². The zero-order chi connectivity index (χ0) is 17.4. The SMILES string of the molecule is O=C1N(C2CCCCC2)CCC12CC(O)CN2Cc1ccc(Cl)cc1. The normalized spacial score (nSPS) is 31.4. The van der Waals surface area contributed by atoms with Gasteiger partial charge in [0.1, 0.15) is 5.54 Å². The summed E-state index contributed by atoms with van der Waals surface area (Å²) in [6.45, 7) is 2.11. The number of carbonyl (C=O) groups is 1. The third kappa shape index (κ3) is 3.20. The summed E-state index contributed by atoms with van der Waals surface area (Å²) in [6, 6.07) is 8.22. The molecular weight excluding hydrogens is 336 g/mol. The first-order valence-electron chi connectivity index (χ1n) is 9.57. The van der Waals surface area contributed by atoms with Crippen molar-refractivity contribution in [2.24, 2.45) is 0 Å². The van der Waals surface area contributed by atoms with Gasteiger partial charge >= 0.3 is 0 Å². The van der Waals surface area contributed by atoms with Crippen LogP contribution < -0.4 is 0 Å². The summed E-state index contributed by atoms with van der Waals surface area (Å²) >= 11 is 5.99. The topological polar surface area (TPSA) is 43.8 Å². The van der Waals surface area contributed by atoms with Crippen molar-refractivity contribution in [3.63, 3.8) is 0 Å². The van der Waals surface area contributed by atoms with Gasteiger partial charge in [-0.2, -0.15) is 0 Å². The van der Waals surface area contributed by atoms with Crippen LogP contribution in [0.25, 0.3) is 0 Å². The van der Waals surface area contributed by atoms with Crippen LogP contribution in [0, 0.1) is 0 Å². The third-order valence-corrected chi connectivity index (χ3v) is 6.59. The molecule has 1 aromatic rings. The maximum absolute atomic E-state index is 13.4. The number of carbonyl (C=O) groups excluding carboxylic acids is 1. The molecule has 136 valence electrons. The highest BCUT2D eigenvalue weighted by Gasteiger charge is 2.56. The van der Waals surface area contributed by atoms with Gasteiger partial charge in [-0.3, -0.25) is 9.69 Å². The highest BCUT2D eigenvalue weighted by molar-refractivity contribution is 6.30. The first-order chi connectivity index (χ1) is 12.1. The van der Waals surface area contributed by atoms with E-state index in [1.807, 2.05) is 24.3 Å². The molecule has 1 saturated carbocycles. The molecule has 4 nitrogen and oxygen atoms in total. The molecule has 1 aromatic carbocycles. The van der Waals surface area contributed by atoms with E-state index in [0.717, 1.165) is 36.4 Å². The smallest absolute Gasteiger partial charge is 0.243 e. The summed E-state index contributed by atoms with van der Waals surface area (Å²) < 4.78 is 0. The average Bonchev–Trinajstić information content (AvgIpc) is 3.11. The van der Waals surface area contributed by atoms with Gasteiger partial charge < -0.3 is 10.0 Å². The molecule has 1 spiro atoms. The molecule has 5 heteroatoms. The fourth-order valence-electron chi connectivity index (χ4n) is 5.04. The van der Waals surface area contributed by atoms with Gasteiger partial charge in [-0.05, 0) is 37.0 Å². The molecule has 1 amide bonds. The van der Waals surface area contributed by atoms with E-state index in [9.17, 15) is 9.90 Å². The Morgan fingerprint density at radius 2 is 1.88 bits per heavy atom. The lowest BCUT2D eigenvalue weighted by molar-refractivity contribution is -0.139. The molecule has 3 aliphatic rings. The summed E-state index contributed by atoms with van der Waals surface area (Å²) in [4.78, 5) is 17.7. The summed E-state index contributed by atoms with van der Waals surface area (Å²) in [7, 11) is 0. The average molecular weight is 363 g/mol. The lowest BCUT2D eigenvalue weighted by Gasteiger charge is -2.36. The Kier molecular flexibility index (Phi) is 4.78. The number of β-amino-alcohol motifs (C(OH)–C–C–N with tert-alkyl or cyclic N) is 1. The van der Waals surface area contributed by atoms with Gasteiger partial charge in [-0.15, -0.1) is 0 Å². The second kappa shape index (κ2) is 6.90. The van der Waals surface area contributed by atoms with Crippen LogP contribution >= 0.6 is 11.6 Å². The predicted octanol–water partition coefficient (Wildman–Crippen LogP) is 3.21. The van der Waals surface area contributed by atoms with Crippen molar-refractivity contribution < 1.29 is 9.90 Å².